The van der Waals surface area contributed by atoms with Crippen LogP contribution < -0.4 is 0 Å². The lowest BCUT2D eigenvalue weighted by molar-refractivity contribution is 0.334. The molecule has 0 aliphatic heterocycles. The number of hydrogen-bond acceptors (Lipinski definition) is 2. The Morgan fingerprint density at radius 2 is 1.71 bits per heavy atom. The minimum atomic E-state index is 0.0849. The van der Waals surface area contributed by atoms with Gasteiger partial charge in [0.15, 0.2) is 0 Å². The van der Waals surface area contributed by atoms with E-state index in [0.717, 1.165) is 60.8 Å². The van der Waals surface area contributed by atoms with Crippen molar-refractivity contribution in [3.8, 4) is 5.75 Å². The zero-order chi connectivity index (χ0) is 20.0. The molecule has 28 heavy (non-hydrogen) atoms. The van der Waals surface area contributed by atoms with Crippen LogP contribution in [0.3, 0.4) is 0 Å². The summed E-state index contributed by atoms with van der Waals surface area (Å²) in [6, 6.07) is 2.32. The lowest BCUT2D eigenvalue weighted by Crippen LogP contribution is -2.20. The molecule has 0 saturated carbocycles. The minimum Gasteiger partial charge on any atom is -0.511 e. The zero-order valence-electron chi connectivity index (χ0n) is 17.8. The largest absolute Gasteiger partial charge is 0.511 e. The first-order valence-corrected chi connectivity index (χ1v) is 11.1. The van der Waals surface area contributed by atoms with E-state index in [9.17, 15) is 10.2 Å². The SMILES string of the molecule is CC(C)C1=CC2=CCCCC2C(O)=C1c1c(C(C)C)cc2c(c1O)CCCC2. The molecule has 0 spiro atoms. The summed E-state index contributed by atoms with van der Waals surface area (Å²) in [7, 11) is 0. The van der Waals surface area contributed by atoms with Crippen LogP contribution in [0.1, 0.15) is 88.0 Å². The molecular weight excluding hydrogens is 344 g/mol. The number of aliphatic hydroxyl groups is 1. The second-order valence-corrected chi connectivity index (χ2v) is 9.39. The highest BCUT2D eigenvalue weighted by atomic mass is 16.3. The molecule has 0 amide bonds. The quantitative estimate of drug-likeness (QED) is 0.595. The Balaban J connectivity index is 2.00. The molecule has 0 bridgehead atoms. The first kappa shape index (κ1) is 19.4. The van der Waals surface area contributed by atoms with Crippen LogP contribution >= 0.6 is 0 Å². The third kappa shape index (κ3) is 3.11. The number of allylic oxidation sites excluding steroid dienone is 5. The van der Waals surface area contributed by atoms with Crippen LogP contribution in [0.4, 0.5) is 0 Å². The number of aryl methyl sites for hydroxylation is 1. The van der Waals surface area contributed by atoms with Gasteiger partial charge in [0.2, 0.25) is 0 Å². The van der Waals surface area contributed by atoms with E-state index in [2.05, 4.69) is 45.9 Å². The van der Waals surface area contributed by atoms with E-state index in [4.69, 9.17) is 0 Å². The maximum atomic E-state index is 11.5. The Hall–Kier alpha value is -1.96. The number of fused-ring (bicyclic) bond motifs is 2. The number of phenolic OH excluding ortho intramolecular Hbond substituents is 1. The Bertz CT molecular complexity index is 880. The van der Waals surface area contributed by atoms with Crippen molar-refractivity contribution >= 4 is 5.57 Å². The predicted octanol–water partition coefficient (Wildman–Crippen LogP) is 6.99. The second kappa shape index (κ2) is 7.46. The Kier molecular flexibility index (Phi) is 5.16. The summed E-state index contributed by atoms with van der Waals surface area (Å²) >= 11 is 0. The fraction of sp³-hybridized carbons (Fsp3) is 0.538. The van der Waals surface area contributed by atoms with Gasteiger partial charge in [-0.1, -0.05) is 45.9 Å². The molecule has 0 radical (unpaired) electrons. The van der Waals surface area contributed by atoms with Crippen LogP contribution in [0.5, 0.6) is 5.75 Å². The van der Waals surface area contributed by atoms with Gasteiger partial charge in [-0.15, -0.1) is 0 Å². The number of aliphatic hydroxyl groups excluding tert-OH is 1. The van der Waals surface area contributed by atoms with Crippen LogP contribution in [0.15, 0.2) is 35.1 Å². The lowest BCUT2D eigenvalue weighted by atomic mass is 9.72. The van der Waals surface area contributed by atoms with Gasteiger partial charge in [-0.3, -0.25) is 0 Å². The van der Waals surface area contributed by atoms with Gasteiger partial charge in [0, 0.05) is 17.1 Å². The van der Waals surface area contributed by atoms with Gasteiger partial charge in [-0.2, -0.15) is 0 Å². The maximum Gasteiger partial charge on any atom is 0.127 e. The maximum absolute atomic E-state index is 11.5. The molecule has 1 aromatic carbocycles. The standard InChI is InChI=1S/C26H34O2/c1-15(2)21-13-17-9-5-7-11-19(17)25(27)23(21)24-22(16(3)4)14-18-10-6-8-12-20(18)26(24)28/h9,13-16,19,27-28H,5-8,10-12H2,1-4H3. The van der Waals surface area contributed by atoms with Gasteiger partial charge < -0.3 is 10.2 Å². The lowest BCUT2D eigenvalue weighted by Gasteiger charge is -2.34. The third-order valence-corrected chi connectivity index (χ3v) is 6.82. The zero-order valence-corrected chi connectivity index (χ0v) is 17.8. The molecular formula is C26H34O2. The molecule has 2 N–H and O–H groups in total. The van der Waals surface area contributed by atoms with Gasteiger partial charge in [0.1, 0.15) is 11.5 Å². The van der Waals surface area contributed by atoms with E-state index in [1.165, 1.54) is 23.1 Å². The predicted molar refractivity (Wildman–Crippen MR) is 117 cm³/mol. The molecule has 0 aromatic heterocycles. The van der Waals surface area contributed by atoms with Crippen molar-refractivity contribution in [3.63, 3.8) is 0 Å². The Morgan fingerprint density at radius 1 is 0.964 bits per heavy atom. The first-order valence-electron chi connectivity index (χ1n) is 11.1. The van der Waals surface area contributed by atoms with E-state index in [0.29, 0.717) is 17.4 Å². The Morgan fingerprint density at radius 3 is 2.43 bits per heavy atom. The summed E-state index contributed by atoms with van der Waals surface area (Å²) < 4.78 is 0. The highest BCUT2D eigenvalue weighted by molar-refractivity contribution is 5.89. The summed E-state index contributed by atoms with van der Waals surface area (Å²) in [5, 5.41) is 22.9. The van der Waals surface area contributed by atoms with E-state index in [1.54, 1.807) is 0 Å². The second-order valence-electron chi connectivity index (χ2n) is 9.39. The van der Waals surface area contributed by atoms with Gasteiger partial charge in [-0.25, -0.2) is 0 Å². The summed E-state index contributed by atoms with van der Waals surface area (Å²) in [6.07, 6.45) is 12.1. The van der Waals surface area contributed by atoms with Crippen molar-refractivity contribution < 1.29 is 10.2 Å². The van der Waals surface area contributed by atoms with Crippen LogP contribution in [0, 0.1) is 11.8 Å². The van der Waals surface area contributed by atoms with E-state index >= 15 is 0 Å². The number of aromatic hydroxyl groups is 1. The molecule has 1 atom stereocenters. The molecule has 2 nitrogen and oxygen atoms in total. The van der Waals surface area contributed by atoms with Gasteiger partial charge >= 0.3 is 0 Å². The van der Waals surface area contributed by atoms with Gasteiger partial charge in [0.05, 0.1) is 0 Å². The van der Waals surface area contributed by atoms with E-state index in [-0.39, 0.29) is 11.8 Å². The fourth-order valence-corrected chi connectivity index (χ4v) is 5.28. The van der Waals surface area contributed by atoms with Gasteiger partial charge in [-0.05, 0) is 84.6 Å². The van der Waals surface area contributed by atoms with Crippen LogP contribution in [0.25, 0.3) is 5.57 Å². The molecule has 3 aliphatic rings. The highest BCUT2D eigenvalue weighted by Gasteiger charge is 2.34. The molecule has 150 valence electrons. The monoisotopic (exact) mass is 378 g/mol. The highest BCUT2D eigenvalue weighted by Crippen LogP contribution is 2.50. The average molecular weight is 379 g/mol. The number of phenols is 1. The molecule has 0 fully saturated rings. The van der Waals surface area contributed by atoms with Crippen molar-refractivity contribution in [3.05, 3.63) is 57.4 Å². The van der Waals surface area contributed by atoms with Crippen molar-refractivity contribution in [1.29, 1.82) is 0 Å². The molecule has 3 aliphatic carbocycles. The van der Waals surface area contributed by atoms with Crippen molar-refractivity contribution in [1.82, 2.24) is 0 Å². The first-order chi connectivity index (χ1) is 13.4. The average Bonchev–Trinajstić information content (AvgIpc) is 2.68. The minimum absolute atomic E-state index is 0.0849. The van der Waals surface area contributed by atoms with E-state index in [1.807, 2.05) is 0 Å². The summed E-state index contributed by atoms with van der Waals surface area (Å²) in [5.74, 6) is 1.57. The molecule has 1 unspecified atom stereocenters. The molecule has 0 saturated heterocycles. The summed E-state index contributed by atoms with van der Waals surface area (Å²) in [4.78, 5) is 0. The van der Waals surface area contributed by atoms with Crippen LogP contribution in [-0.2, 0) is 12.8 Å². The van der Waals surface area contributed by atoms with Gasteiger partial charge in [0.25, 0.3) is 0 Å². The normalized spacial score (nSPS) is 22.1. The molecule has 2 heteroatoms. The topological polar surface area (TPSA) is 40.5 Å². The number of rotatable bonds is 3. The molecule has 4 rings (SSSR count). The van der Waals surface area contributed by atoms with Crippen LogP contribution in [0.2, 0.25) is 0 Å². The summed E-state index contributed by atoms with van der Waals surface area (Å²) in [5.41, 5.74) is 7.83. The number of benzene rings is 1. The number of hydrogen-bond donors (Lipinski definition) is 2. The third-order valence-electron chi connectivity index (χ3n) is 6.82. The smallest absolute Gasteiger partial charge is 0.127 e. The van der Waals surface area contributed by atoms with E-state index < -0.39 is 0 Å². The van der Waals surface area contributed by atoms with Crippen molar-refractivity contribution in [2.75, 3.05) is 0 Å². The van der Waals surface area contributed by atoms with Crippen molar-refractivity contribution in [2.24, 2.45) is 11.8 Å². The Labute approximate surface area is 169 Å². The summed E-state index contributed by atoms with van der Waals surface area (Å²) in [6.45, 7) is 8.76. The van der Waals surface area contributed by atoms with Crippen LogP contribution in [-0.4, -0.2) is 10.2 Å². The fourth-order valence-electron chi connectivity index (χ4n) is 5.28. The molecule has 1 aromatic rings. The van der Waals surface area contributed by atoms with Crippen molar-refractivity contribution in [2.45, 2.75) is 78.6 Å². The molecule has 0 heterocycles.